The van der Waals surface area contributed by atoms with Crippen molar-refractivity contribution in [2.75, 3.05) is 20.8 Å². The summed E-state index contributed by atoms with van der Waals surface area (Å²) >= 11 is 0. The van der Waals surface area contributed by atoms with Gasteiger partial charge in [0.2, 0.25) is 0 Å². The highest BCUT2D eigenvalue weighted by atomic mass is 16.5. The van der Waals surface area contributed by atoms with Crippen molar-refractivity contribution in [1.82, 2.24) is 0 Å². The second-order valence-electron chi connectivity index (χ2n) is 5.45. The maximum atomic E-state index is 10.8. The Morgan fingerprint density at radius 2 is 1.91 bits per heavy atom. The quantitative estimate of drug-likeness (QED) is 0.943. The SMILES string of the molecule is COc1cc(OC)c2c(c1)OC[C@H](Cc1ccccc1)[C@@H]2O. The van der Waals surface area contributed by atoms with Gasteiger partial charge in [0.25, 0.3) is 0 Å². The Morgan fingerprint density at radius 3 is 2.59 bits per heavy atom. The lowest BCUT2D eigenvalue weighted by molar-refractivity contribution is 0.0482. The number of aliphatic hydroxyl groups excluding tert-OH is 1. The van der Waals surface area contributed by atoms with E-state index in [9.17, 15) is 5.11 Å². The van der Waals surface area contributed by atoms with Crippen LogP contribution in [0.1, 0.15) is 17.2 Å². The van der Waals surface area contributed by atoms with Gasteiger partial charge >= 0.3 is 0 Å². The third kappa shape index (κ3) is 2.74. The minimum atomic E-state index is -0.621. The number of fused-ring (bicyclic) bond motifs is 1. The Bertz CT molecular complexity index is 622. The molecule has 4 heteroatoms. The highest BCUT2D eigenvalue weighted by molar-refractivity contribution is 5.53. The molecule has 0 spiro atoms. The summed E-state index contributed by atoms with van der Waals surface area (Å²) in [5.74, 6) is 1.88. The molecule has 0 radical (unpaired) electrons. The fourth-order valence-electron chi connectivity index (χ4n) is 2.89. The largest absolute Gasteiger partial charge is 0.496 e. The van der Waals surface area contributed by atoms with Crippen LogP contribution < -0.4 is 14.2 Å². The lowest BCUT2D eigenvalue weighted by Gasteiger charge is -2.31. The summed E-state index contributed by atoms with van der Waals surface area (Å²) in [4.78, 5) is 0. The maximum Gasteiger partial charge on any atom is 0.132 e. The van der Waals surface area contributed by atoms with Crippen molar-refractivity contribution in [3.8, 4) is 17.2 Å². The molecule has 1 heterocycles. The molecule has 0 amide bonds. The van der Waals surface area contributed by atoms with E-state index in [-0.39, 0.29) is 5.92 Å². The zero-order valence-corrected chi connectivity index (χ0v) is 12.8. The van der Waals surface area contributed by atoms with Gasteiger partial charge in [-0.15, -0.1) is 0 Å². The minimum absolute atomic E-state index is 0.00260. The van der Waals surface area contributed by atoms with Crippen LogP contribution in [0.15, 0.2) is 42.5 Å². The van der Waals surface area contributed by atoms with Crippen molar-refractivity contribution >= 4 is 0 Å². The molecule has 1 aliphatic rings. The molecule has 0 saturated heterocycles. The van der Waals surface area contributed by atoms with Crippen LogP contribution in [0.4, 0.5) is 0 Å². The van der Waals surface area contributed by atoms with Crippen LogP contribution in [0, 0.1) is 5.92 Å². The van der Waals surface area contributed by atoms with Gasteiger partial charge in [-0.1, -0.05) is 30.3 Å². The second kappa shape index (κ2) is 6.28. The first kappa shape index (κ1) is 14.7. The summed E-state index contributed by atoms with van der Waals surface area (Å²) in [7, 11) is 3.18. The molecule has 2 atom stereocenters. The maximum absolute atomic E-state index is 10.8. The monoisotopic (exact) mass is 300 g/mol. The van der Waals surface area contributed by atoms with Gasteiger partial charge in [0, 0.05) is 18.1 Å². The molecule has 0 bridgehead atoms. The van der Waals surface area contributed by atoms with E-state index in [4.69, 9.17) is 14.2 Å². The van der Waals surface area contributed by atoms with Gasteiger partial charge in [-0.2, -0.15) is 0 Å². The fraction of sp³-hybridized carbons (Fsp3) is 0.333. The second-order valence-corrected chi connectivity index (χ2v) is 5.45. The van der Waals surface area contributed by atoms with E-state index in [1.807, 2.05) is 18.2 Å². The number of methoxy groups -OCH3 is 2. The summed E-state index contributed by atoms with van der Waals surface area (Å²) in [6.07, 6.45) is 0.140. The summed E-state index contributed by atoms with van der Waals surface area (Å²) < 4.78 is 16.5. The summed E-state index contributed by atoms with van der Waals surface area (Å²) in [6.45, 7) is 0.472. The van der Waals surface area contributed by atoms with E-state index in [2.05, 4.69) is 12.1 Å². The number of aliphatic hydroxyl groups is 1. The molecule has 0 saturated carbocycles. The van der Waals surface area contributed by atoms with Gasteiger partial charge in [-0.3, -0.25) is 0 Å². The Morgan fingerprint density at radius 1 is 1.14 bits per heavy atom. The van der Waals surface area contributed by atoms with Crippen LogP contribution in [0.2, 0.25) is 0 Å². The molecular formula is C18H20O4. The average Bonchev–Trinajstić information content (AvgIpc) is 2.57. The van der Waals surface area contributed by atoms with Crippen molar-refractivity contribution in [1.29, 1.82) is 0 Å². The highest BCUT2D eigenvalue weighted by Gasteiger charge is 2.33. The van der Waals surface area contributed by atoms with E-state index in [0.717, 1.165) is 6.42 Å². The third-order valence-electron chi connectivity index (χ3n) is 4.07. The molecule has 4 nitrogen and oxygen atoms in total. The molecule has 3 rings (SSSR count). The van der Waals surface area contributed by atoms with Crippen molar-refractivity contribution in [3.63, 3.8) is 0 Å². The van der Waals surface area contributed by atoms with Gasteiger partial charge in [0.1, 0.15) is 17.2 Å². The van der Waals surface area contributed by atoms with Crippen LogP contribution in [-0.2, 0) is 6.42 Å². The molecule has 116 valence electrons. The van der Waals surface area contributed by atoms with E-state index < -0.39 is 6.10 Å². The smallest absolute Gasteiger partial charge is 0.132 e. The molecule has 2 aromatic carbocycles. The summed E-state index contributed by atoms with van der Waals surface area (Å²) in [5, 5.41) is 10.8. The number of benzene rings is 2. The summed E-state index contributed by atoms with van der Waals surface area (Å²) in [5.41, 5.74) is 1.89. The van der Waals surface area contributed by atoms with E-state index in [1.165, 1.54) is 5.56 Å². The van der Waals surface area contributed by atoms with Gasteiger partial charge in [0.05, 0.1) is 32.5 Å². The molecule has 0 aromatic heterocycles. The number of hydrogen-bond donors (Lipinski definition) is 1. The van der Waals surface area contributed by atoms with Crippen LogP contribution in [-0.4, -0.2) is 25.9 Å². The van der Waals surface area contributed by atoms with Crippen molar-refractivity contribution in [3.05, 3.63) is 53.6 Å². The number of rotatable bonds is 4. The first-order valence-corrected chi connectivity index (χ1v) is 7.33. The van der Waals surface area contributed by atoms with Gasteiger partial charge in [-0.05, 0) is 12.0 Å². The van der Waals surface area contributed by atoms with Gasteiger partial charge < -0.3 is 19.3 Å². The topological polar surface area (TPSA) is 47.9 Å². The molecule has 22 heavy (non-hydrogen) atoms. The predicted molar refractivity (Wildman–Crippen MR) is 83.6 cm³/mol. The normalized spacial score (nSPS) is 20.0. The van der Waals surface area contributed by atoms with Gasteiger partial charge in [0.15, 0.2) is 0 Å². The van der Waals surface area contributed by atoms with Crippen LogP contribution in [0.5, 0.6) is 17.2 Å². The minimum Gasteiger partial charge on any atom is -0.496 e. The zero-order chi connectivity index (χ0) is 15.5. The third-order valence-corrected chi connectivity index (χ3v) is 4.07. The molecule has 0 aliphatic carbocycles. The zero-order valence-electron chi connectivity index (χ0n) is 12.8. The molecule has 1 N–H and O–H groups in total. The lowest BCUT2D eigenvalue weighted by Crippen LogP contribution is -2.28. The van der Waals surface area contributed by atoms with Crippen LogP contribution in [0.3, 0.4) is 0 Å². The van der Waals surface area contributed by atoms with E-state index in [0.29, 0.717) is 29.4 Å². The Labute approximate surface area is 130 Å². The van der Waals surface area contributed by atoms with Crippen LogP contribution in [0.25, 0.3) is 0 Å². The molecule has 0 unspecified atom stereocenters. The van der Waals surface area contributed by atoms with Crippen molar-refractivity contribution < 1.29 is 19.3 Å². The molecular weight excluding hydrogens is 280 g/mol. The summed E-state index contributed by atoms with van der Waals surface area (Å²) in [6, 6.07) is 13.7. The predicted octanol–water partition coefficient (Wildman–Crippen LogP) is 2.99. The molecule has 0 fully saturated rings. The Kier molecular flexibility index (Phi) is 4.20. The van der Waals surface area contributed by atoms with Crippen LogP contribution >= 0.6 is 0 Å². The van der Waals surface area contributed by atoms with Crippen molar-refractivity contribution in [2.45, 2.75) is 12.5 Å². The van der Waals surface area contributed by atoms with Crippen molar-refractivity contribution in [2.24, 2.45) is 5.92 Å². The highest BCUT2D eigenvalue weighted by Crippen LogP contribution is 2.44. The van der Waals surface area contributed by atoms with E-state index in [1.54, 1.807) is 26.4 Å². The van der Waals surface area contributed by atoms with E-state index >= 15 is 0 Å². The molecule has 1 aliphatic heterocycles. The Hall–Kier alpha value is -2.20. The standard InChI is InChI=1S/C18H20O4/c1-20-14-9-15(21-2)17-16(10-14)22-11-13(18(17)19)8-12-6-4-3-5-7-12/h3-7,9-10,13,18-19H,8,11H2,1-2H3/t13-,18-/m0/s1. The van der Waals surface area contributed by atoms with Gasteiger partial charge in [-0.25, -0.2) is 0 Å². The number of ether oxygens (including phenoxy) is 3. The first-order valence-electron chi connectivity index (χ1n) is 7.33. The molecule has 2 aromatic rings. The Balaban J connectivity index is 1.90. The number of hydrogen-bond acceptors (Lipinski definition) is 4. The average molecular weight is 300 g/mol. The fourth-order valence-corrected chi connectivity index (χ4v) is 2.89. The lowest BCUT2D eigenvalue weighted by atomic mass is 9.87. The first-order chi connectivity index (χ1) is 10.7.